The summed E-state index contributed by atoms with van der Waals surface area (Å²) in [5, 5.41) is 4.55. The standard InChI is InChI=1S/2C12H8N2.C11H10N2.F6P.Os/c2*1-3-9-5-6-10-4-2-8-14-12(10)11(9)13-7-1;12-10-6-7-13-11(8-10)9-4-2-1-3-5-9;1-7(2,3,4,5)6;/h2*1-8H;1-8H,(H2,12,13);;/q;;;-1;. The van der Waals surface area contributed by atoms with Crippen LogP contribution in [0.3, 0.4) is 0 Å². The fourth-order valence-electron chi connectivity index (χ4n) is 4.57. The van der Waals surface area contributed by atoms with Crippen molar-refractivity contribution in [3.05, 3.63) is 146 Å². The molecule has 252 valence electrons. The van der Waals surface area contributed by atoms with Crippen LogP contribution in [0.2, 0.25) is 0 Å². The second-order valence-electron chi connectivity index (χ2n) is 10.2. The molecule has 6 nitrogen and oxygen atoms in total. The van der Waals surface area contributed by atoms with E-state index >= 15 is 0 Å². The van der Waals surface area contributed by atoms with Crippen molar-refractivity contribution in [1.82, 2.24) is 24.9 Å². The Hall–Kier alpha value is -5.10. The minimum atomic E-state index is -10.7. The zero-order chi connectivity index (χ0) is 34.3. The molecule has 0 aliphatic carbocycles. The van der Waals surface area contributed by atoms with Crippen molar-refractivity contribution in [3.8, 4) is 11.3 Å². The SMILES string of the molecule is F[P-](F)(F)(F)(F)F.Nc1ccnc(-c2ccccc2)c1.[Os].c1cnc2c(c1)ccc1cccnc12.c1cnc2c(c1)ccc1cccnc12. The minimum absolute atomic E-state index is 0. The summed E-state index contributed by atoms with van der Waals surface area (Å²) >= 11 is 0. The number of aromatic nitrogens is 5. The molecule has 0 atom stereocenters. The van der Waals surface area contributed by atoms with Gasteiger partial charge in [-0.2, -0.15) is 0 Å². The molecular formula is C35H26F6N6OsP-. The largest absolute Gasteiger partial charge is 0.399 e. The molecule has 0 bridgehead atoms. The number of nitrogens with zero attached hydrogens (tertiary/aromatic N) is 5. The van der Waals surface area contributed by atoms with E-state index in [-0.39, 0.29) is 19.8 Å². The second kappa shape index (κ2) is 14.6. The molecule has 5 heterocycles. The summed E-state index contributed by atoms with van der Waals surface area (Å²) in [7, 11) is -10.7. The van der Waals surface area contributed by atoms with E-state index in [0.29, 0.717) is 0 Å². The second-order valence-corrected chi connectivity index (χ2v) is 12.1. The number of benzene rings is 3. The Morgan fingerprint density at radius 1 is 0.408 bits per heavy atom. The number of fused-ring (bicyclic) bond motifs is 6. The first kappa shape index (κ1) is 36.7. The van der Waals surface area contributed by atoms with Gasteiger partial charge in [-0.25, -0.2) is 0 Å². The third-order valence-corrected chi connectivity index (χ3v) is 6.54. The molecule has 0 aliphatic rings. The predicted octanol–water partition coefficient (Wildman–Crippen LogP) is 11.3. The topological polar surface area (TPSA) is 90.5 Å². The van der Waals surface area contributed by atoms with Crippen LogP contribution in [0.15, 0.2) is 146 Å². The van der Waals surface area contributed by atoms with E-state index in [4.69, 9.17) is 5.73 Å². The van der Waals surface area contributed by atoms with Crippen LogP contribution in [0.5, 0.6) is 0 Å². The van der Waals surface area contributed by atoms with Gasteiger partial charge >= 0.3 is 33.0 Å². The average Bonchev–Trinajstić information content (AvgIpc) is 3.08. The molecule has 14 heteroatoms. The molecule has 8 aromatic rings. The van der Waals surface area contributed by atoms with Crippen LogP contribution in [-0.2, 0) is 19.8 Å². The van der Waals surface area contributed by atoms with Crippen molar-refractivity contribution >= 4 is 57.1 Å². The van der Waals surface area contributed by atoms with Crippen molar-refractivity contribution in [2.45, 2.75) is 0 Å². The van der Waals surface area contributed by atoms with Gasteiger partial charge in [0.2, 0.25) is 0 Å². The Bertz CT molecular complexity index is 2100. The molecule has 0 radical (unpaired) electrons. The van der Waals surface area contributed by atoms with Crippen LogP contribution in [0.1, 0.15) is 0 Å². The zero-order valence-corrected chi connectivity index (χ0v) is 28.7. The molecular weight excluding hydrogens is 840 g/mol. The Labute approximate surface area is 289 Å². The molecule has 49 heavy (non-hydrogen) atoms. The van der Waals surface area contributed by atoms with E-state index < -0.39 is 7.81 Å². The Kier molecular flexibility index (Phi) is 10.9. The Morgan fingerprint density at radius 3 is 1.08 bits per heavy atom. The van der Waals surface area contributed by atoms with Crippen LogP contribution >= 0.6 is 7.81 Å². The van der Waals surface area contributed by atoms with Crippen LogP contribution in [0.25, 0.3) is 54.9 Å². The third-order valence-electron chi connectivity index (χ3n) is 6.54. The molecule has 0 saturated carbocycles. The van der Waals surface area contributed by atoms with Gasteiger partial charge in [-0.15, -0.1) is 0 Å². The Morgan fingerprint density at radius 2 is 0.755 bits per heavy atom. The summed E-state index contributed by atoms with van der Waals surface area (Å²) in [6.07, 6.45) is 8.93. The van der Waals surface area contributed by atoms with Crippen molar-refractivity contribution < 1.29 is 45.0 Å². The molecule has 3 aromatic carbocycles. The molecule has 0 spiro atoms. The first-order valence-electron chi connectivity index (χ1n) is 14.2. The van der Waals surface area contributed by atoms with E-state index in [1.54, 1.807) is 37.1 Å². The molecule has 0 saturated heterocycles. The van der Waals surface area contributed by atoms with E-state index in [2.05, 4.69) is 73.5 Å². The Balaban J connectivity index is 0.000000150. The molecule has 2 N–H and O–H groups in total. The number of nitrogens with two attached hydrogens (primary N) is 1. The zero-order valence-electron chi connectivity index (χ0n) is 25.2. The third kappa shape index (κ3) is 11.5. The summed E-state index contributed by atoms with van der Waals surface area (Å²) in [5.74, 6) is 0. The van der Waals surface area contributed by atoms with Gasteiger partial charge in [-0.3, -0.25) is 24.9 Å². The summed E-state index contributed by atoms with van der Waals surface area (Å²) in [4.78, 5) is 21.6. The van der Waals surface area contributed by atoms with Gasteiger partial charge in [0, 0.05) is 83.6 Å². The number of anilines is 1. The number of hydrogen-bond donors (Lipinski definition) is 1. The first-order valence-corrected chi connectivity index (χ1v) is 16.2. The predicted molar refractivity (Wildman–Crippen MR) is 182 cm³/mol. The average molecular weight is 866 g/mol. The van der Waals surface area contributed by atoms with E-state index in [0.717, 1.165) is 60.6 Å². The van der Waals surface area contributed by atoms with Crippen molar-refractivity contribution in [2.75, 3.05) is 5.73 Å². The van der Waals surface area contributed by atoms with Gasteiger partial charge in [-0.05, 0) is 36.4 Å². The molecule has 0 amide bonds. The van der Waals surface area contributed by atoms with Gasteiger partial charge in [0.25, 0.3) is 0 Å². The summed E-state index contributed by atoms with van der Waals surface area (Å²) in [6, 6.07) is 37.9. The van der Waals surface area contributed by atoms with Crippen LogP contribution < -0.4 is 5.73 Å². The van der Waals surface area contributed by atoms with Gasteiger partial charge in [0.05, 0.1) is 27.8 Å². The van der Waals surface area contributed by atoms with Crippen LogP contribution in [-0.4, -0.2) is 24.9 Å². The fraction of sp³-hybridized carbons (Fsp3) is 0. The maximum Gasteiger partial charge on any atom is 0.0964 e. The summed E-state index contributed by atoms with van der Waals surface area (Å²) in [5.41, 5.74) is 12.3. The van der Waals surface area contributed by atoms with E-state index in [1.165, 1.54) is 0 Å². The normalized spacial score (nSPS) is 12.1. The molecule has 8 rings (SSSR count). The van der Waals surface area contributed by atoms with Crippen LogP contribution in [0.4, 0.5) is 30.9 Å². The first-order chi connectivity index (χ1) is 22.7. The fourth-order valence-corrected chi connectivity index (χ4v) is 4.57. The smallest absolute Gasteiger partial charge is 0.0964 e. The monoisotopic (exact) mass is 867 g/mol. The number of halogens is 6. The van der Waals surface area contributed by atoms with Crippen molar-refractivity contribution in [2.24, 2.45) is 0 Å². The van der Waals surface area contributed by atoms with Gasteiger partial charge < -0.3 is 5.73 Å². The quantitative estimate of drug-likeness (QED) is 0.100. The molecule has 0 unspecified atom stereocenters. The maximum absolute atomic E-state index is 10.7. The van der Waals surface area contributed by atoms with Crippen molar-refractivity contribution in [1.29, 1.82) is 0 Å². The van der Waals surface area contributed by atoms with Gasteiger partial charge in [0.1, 0.15) is 0 Å². The number of hydrogen-bond acceptors (Lipinski definition) is 6. The van der Waals surface area contributed by atoms with Gasteiger partial charge in [-0.1, -0.05) is 78.9 Å². The summed E-state index contributed by atoms with van der Waals surface area (Å²) in [6.45, 7) is 0. The minimum Gasteiger partial charge on any atom is -0.399 e. The van der Waals surface area contributed by atoms with Crippen LogP contribution in [0, 0.1) is 0 Å². The van der Waals surface area contributed by atoms with Gasteiger partial charge in [0.15, 0.2) is 0 Å². The molecule has 0 fully saturated rings. The number of pyridine rings is 5. The van der Waals surface area contributed by atoms with Crippen molar-refractivity contribution in [3.63, 3.8) is 0 Å². The maximum atomic E-state index is 9.87. The number of rotatable bonds is 1. The molecule has 0 aliphatic heterocycles. The van der Waals surface area contributed by atoms with E-state index in [9.17, 15) is 25.2 Å². The molecule has 5 aromatic heterocycles. The summed E-state index contributed by atoms with van der Waals surface area (Å²) < 4.78 is 59.2. The number of nitrogen functional groups attached to an aromatic ring is 1. The van der Waals surface area contributed by atoms with E-state index in [1.807, 2.05) is 60.7 Å².